The topological polar surface area (TPSA) is 49.8 Å². The van der Waals surface area contributed by atoms with E-state index in [1.165, 1.54) is 0 Å². The molecule has 1 aromatic carbocycles. The highest BCUT2D eigenvalue weighted by molar-refractivity contribution is 5.78. The van der Waals surface area contributed by atoms with Gasteiger partial charge in [0.2, 0.25) is 0 Å². The molecule has 1 aliphatic heterocycles. The van der Waals surface area contributed by atoms with E-state index in [0.29, 0.717) is 19.6 Å². The number of nitrogens with zero attached hydrogens (tertiary/aromatic N) is 1. The number of carboxylic acid groups (broad SMARTS) is 1. The van der Waals surface area contributed by atoms with E-state index in [0.717, 1.165) is 18.5 Å². The van der Waals surface area contributed by atoms with Crippen molar-refractivity contribution in [1.29, 1.82) is 0 Å². The molecule has 1 unspecified atom stereocenters. The number of rotatable bonds is 4. The van der Waals surface area contributed by atoms with E-state index in [1.807, 2.05) is 42.3 Å². The van der Waals surface area contributed by atoms with Crippen LogP contribution >= 0.6 is 0 Å². The monoisotopic (exact) mass is 249 g/mol. The predicted octanol–water partition coefficient (Wildman–Crippen LogP) is 1.75. The number of piperidine rings is 1. The van der Waals surface area contributed by atoms with E-state index < -0.39 is 11.6 Å². The van der Waals surface area contributed by atoms with Gasteiger partial charge in [0, 0.05) is 6.54 Å². The predicted molar refractivity (Wildman–Crippen MR) is 68.3 cm³/mol. The molecule has 0 amide bonds. The standard InChI is InChI=1S/C14H19NO3/c1-15-9-5-8-14(11-15,13(16)17)18-10-12-6-3-2-4-7-12/h2-4,6-7H,5,8-11H2,1H3,(H,16,17). The van der Waals surface area contributed by atoms with E-state index in [1.54, 1.807) is 0 Å². The van der Waals surface area contributed by atoms with Gasteiger partial charge in [0.25, 0.3) is 0 Å². The molecule has 1 N–H and O–H groups in total. The highest BCUT2D eigenvalue weighted by Gasteiger charge is 2.42. The van der Waals surface area contributed by atoms with Gasteiger partial charge < -0.3 is 14.7 Å². The molecule has 1 saturated heterocycles. The van der Waals surface area contributed by atoms with Crippen molar-refractivity contribution in [2.75, 3.05) is 20.1 Å². The van der Waals surface area contributed by atoms with Crippen LogP contribution in [0.25, 0.3) is 0 Å². The fourth-order valence-electron chi connectivity index (χ4n) is 2.38. The largest absolute Gasteiger partial charge is 0.479 e. The van der Waals surface area contributed by atoms with Crippen molar-refractivity contribution in [1.82, 2.24) is 4.90 Å². The molecule has 1 aliphatic rings. The highest BCUT2D eigenvalue weighted by Crippen LogP contribution is 2.26. The molecule has 1 fully saturated rings. The summed E-state index contributed by atoms with van der Waals surface area (Å²) in [5, 5.41) is 9.43. The van der Waals surface area contributed by atoms with Gasteiger partial charge in [-0.15, -0.1) is 0 Å². The Bertz CT molecular complexity index is 407. The summed E-state index contributed by atoms with van der Waals surface area (Å²) in [5.74, 6) is -0.856. The summed E-state index contributed by atoms with van der Waals surface area (Å²) in [6.45, 7) is 1.74. The van der Waals surface area contributed by atoms with Crippen LogP contribution in [-0.4, -0.2) is 41.7 Å². The van der Waals surface area contributed by atoms with Crippen molar-refractivity contribution in [3.05, 3.63) is 35.9 Å². The Morgan fingerprint density at radius 3 is 2.78 bits per heavy atom. The number of hydrogen-bond donors (Lipinski definition) is 1. The van der Waals surface area contributed by atoms with Crippen molar-refractivity contribution < 1.29 is 14.6 Å². The molecule has 1 atom stereocenters. The SMILES string of the molecule is CN1CCCC(OCc2ccccc2)(C(=O)O)C1. The Morgan fingerprint density at radius 1 is 1.44 bits per heavy atom. The molecular weight excluding hydrogens is 230 g/mol. The lowest BCUT2D eigenvalue weighted by Gasteiger charge is -2.37. The lowest BCUT2D eigenvalue weighted by Crippen LogP contribution is -2.53. The maximum atomic E-state index is 11.5. The smallest absolute Gasteiger partial charge is 0.337 e. The first-order valence-corrected chi connectivity index (χ1v) is 6.22. The van der Waals surface area contributed by atoms with Crippen LogP contribution in [0.1, 0.15) is 18.4 Å². The van der Waals surface area contributed by atoms with Crippen LogP contribution in [0.4, 0.5) is 0 Å². The first-order valence-electron chi connectivity index (χ1n) is 6.22. The van der Waals surface area contributed by atoms with Gasteiger partial charge in [-0.25, -0.2) is 4.79 Å². The normalized spacial score (nSPS) is 24.9. The van der Waals surface area contributed by atoms with Crippen molar-refractivity contribution in [2.45, 2.75) is 25.0 Å². The van der Waals surface area contributed by atoms with E-state index in [4.69, 9.17) is 4.74 Å². The highest BCUT2D eigenvalue weighted by atomic mass is 16.5. The third-order valence-electron chi connectivity index (χ3n) is 3.39. The zero-order valence-electron chi connectivity index (χ0n) is 10.6. The minimum Gasteiger partial charge on any atom is -0.479 e. The molecule has 4 heteroatoms. The van der Waals surface area contributed by atoms with Gasteiger partial charge in [-0.2, -0.15) is 0 Å². The molecule has 98 valence electrons. The molecule has 18 heavy (non-hydrogen) atoms. The number of carboxylic acids is 1. The van der Waals surface area contributed by atoms with Gasteiger partial charge in [0.1, 0.15) is 0 Å². The van der Waals surface area contributed by atoms with Crippen molar-refractivity contribution in [2.24, 2.45) is 0 Å². The minimum absolute atomic E-state index is 0.348. The van der Waals surface area contributed by atoms with E-state index in [9.17, 15) is 9.90 Å². The summed E-state index contributed by atoms with van der Waals surface area (Å²) >= 11 is 0. The van der Waals surface area contributed by atoms with Crippen LogP contribution in [-0.2, 0) is 16.1 Å². The second-order valence-corrected chi connectivity index (χ2v) is 4.92. The molecule has 1 aromatic rings. The van der Waals surface area contributed by atoms with Crippen LogP contribution < -0.4 is 0 Å². The average molecular weight is 249 g/mol. The molecule has 0 aliphatic carbocycles. The van der Waals surface area contributed by atoms with E-state index in [-0.39, 0.29) is 0 Å². The maximum Gasteiger partial charge on any atom is 0.337 e. The second-order valence-electron chi connectivity index (χ2n) is 4.92. The Labute approximate surface area is 107 Å². The average Bonchev–Trinajstić information content (AvgIpc) is 2.37. The summed E-state index contributed by atoms with van der Waals surface area (Å²) in [6.07, 6.45) is 1.44. The first kappa shape index (κ1) is 13.1. The van der Waals surface area contributed by atoms with E-state index >= 15 is 0 Å². The van der Waals surface area contributed by atoms with E-state index in [2.05, 4.69) is 0 Å². The van der Waals surface area contributed by atoms with Crippen LogP contribution in [0.5, 0.6) is 0 Å². The Balaban J connectivity index is 2.05. The number of benzene rings is 1. The summed E-state index contributed by atoms with van der Waals surface area (Å²) in [6, 6.07) is 9.69. The van der Waals surface area contributed by atoms with Crippen LogP contribution in [0.15, 0.2) is 30.3 Å². The Hall–Kier alpha value is -1.39. The number of ether oxygens (including phenoxy) is 1. The van der Waals surface area contributed by atoms with Gasteiger partial charge in [0.05, 0.1) is 6.61 Å². The summed E-state index contributed by atoms with van der Waals surface area (Å²) in [4.78, 5) is 13.5. The molecule has 2 rings (SSSR count). The van der Waals surface area contributed by atoms with Crippen LogP contribution in [0.2, 0.25) is 0 Å². The minimum atomic E-state index is -1.05. The Morgan fingerprint density at radius 2 is 2.17 bits per heavy atom. The molecular formula is C14H19NO3. The molecule has 0 saturated carbocycles. The lowest BCUT2D eigenvalue weighted by molar-refractivity contribution is -0.175. The molecule has 0 spiro atoms. The third kappa shape index (κ3) is 2.89. The number of likely N-dealkylation sites (N-methyl/N-ethyl adjacent to an activating group) is 1. The third-order valence-corrected chi connectivity index (χ3v) is 3.39. The maximum absolute atomic E-state index is 11.5. The molecule has 0 aromatic heterocycles. The molecule has 0 bridgehead atoms. The van der Waals surface area contributed by atoms with Crippen molar-refractivity contribution >= 4 is 5.97 Å². The lowest BCUT2D eigenvalue weighted by atomic mass is 9.93. The zero-order valence-corrected chi connectivity index (χ0v) is 10.6. The van der Waals surface area contributed by atoms with Gasteiger partial charge >= 0.3 is 5.97 Å². The van der Waals surface area contributed by atoms with Crippen molar-refractivity contribution in [3.63, 3.8) is 0 Å². The summed E-state index contributed by atoms with van der Waals surface area (Å²) < 4.78 is 5.75. The first-order chi connectivity index (χ1) is 8.62. The number of hydrogen-bond acceptors (Lipinski definition) is 3. The van der Waals surface area contributed by atoms with Gasteiger partial charge in [0.15, 0.2) is 5.60 Å². The quantitative estimate of drug-likeness (QED) is 0.883. The van der Waals surface area contributed by atoms with Gasteiger partial charge in [-0.1, -0.05) is 30.3 Å². The number of carbonyl (C=O) groups is 1. The molecule has 1 heterocycles. The second kappa shape index (κ2) is 5.50. The van der Waals surface area contributed by atoms with Crippen LogP contribution in [0, 0.1) is 0 Å². The van der Waals surface area contributed by atoms with Crippen molar-refractivity contribution in [3.8, 4) is 0 Å². The van der Waals surface area contributed by atoms with Crippen LogP contribution in [0.3, 0.4) is 0 Å². The van der Waals surface area contributed by atoms with Gasteiger partial charge in [-0.3, -0.25) is 0 Å². The fraction of sp³-hybridized carbons (Fsp3) is 0.500. The number of likely N-dealkylation sites (tertiary alicyclic amines) is 1. The summed E-state index contributed by atoms with van der Waals surface area (Å²) in [7, 11) is 1.93. The Kier molecular flexibility index (Phi) is 3.99. The summed E-state index contributed by atoms with van der Waals surface area (Å²) in [5.41, 5.74) is -0.0469. The zero-order chi connectivity index (χ0) is 13.0. The number of aliphatic carboxylic acids is 1. The molecule has 0 radical (unpaired) electrons. The van der Waals surface area contributed by atoms with Gasteiger partial charge in [-0.05, 0) is 32.0 Å². The fourth-order valence-corrected chi connectivity index (χ4v) is 2.38. The molecule has 4 nitrogen and oxygen atoms in total.